The second-order valence-electron chi connectivity index (χ2n) is 4.99. The third-order valence-electron chi connectivity index (χ3n) is 4.20. The van der Waals surface area contributed by atoms with Gasteiger partial charge in [-0.1, -0.05) is 6.92 Å². The van der Waals surface area contributed by atoms with Crippen LogP contribution in [-0.2, 0) is 5.41 Å². The summed E-state index contributed by atoms with van der Waals surface area (Å²) in [5.41, 5.74) is 1.62. The molecule has 0 amide bonds. The number of hydrogen-bond acceptors (Lipinski definition) is 3. The molecule has 1 N–H and O–H groups in total. The molecular formula is C15H23NO2. The maximum Gasteiger partial charge on any atom is 0.122 e. The van der Waals surface area contributed by atoms with Crippen molar-refractivity contribution in [1.82, 2.24) is 5.32 Å². The Labute approximate surface area is 109 Å². The highest BCUT2D eigenvalue weighted by atomic mass is 16.5. The van der Waals surface area contributed by atoms with E-state index in [-0.39, 0.29) is 5.41 Å². The molecule has 0 spiro atoms. The molecule has 0 atom stereocenters. The van der Waals surface area contributed by atoms with Crippen molar-refractivity contribution in [3.05, 3.63) is 23.8 Å². The monoisotopic (exact) mass is 249 g/mol. The first-order chi connectivity index (χ1) is 8.74. The minimum atomic E-state index is 0.271. The van der Waals surface area contributed by atoms with Crippen molar-refractivity contribution < 1.29 is 9.47 Å². The number of nitrogens with one attached hydrogen (secondary N) is 1. The zero-order valence-electron chi connectivity index (χ0n) is 11.6. The van der Waals surface area contributed by atoms with E-state index in [0.29, 0.717) is 0 Å². The Hall–Kier alpha value is -1.22. The number of ether oxygens (including phenoxy) is 2. The van der Waals surface area contributed by atoms with Crippen molar-refractivity contribution in [3.63, 3.8) is 0 Å². The van der Waals surface area contributed by atoms with Crippen molar-refractivity contribution in [3.8, 4) is 11.5 Å². The molecule has 0 radical (unpaired) electrons. The van der Waals surface area contributed by atoms with Crippen LogP contribution in [-0.4, -0.2) is 27.3 Å². The highest BCUT2D eigenvalue weighted by molar-refractivity contribution is 5.42. The maximum absolute atomic E-state index is 5.38. The fourth-order valence-corrected chi connectivity index (χ4v) is 2.87. The first kappa shape index (κ1) is 13.2. The van der Waals surface area contributed by atoms with Gasteiger partial charge in [0.1, 0.15) is 11.5 Å². The largest absolute Gasteiger partial charge is 0.497 e. The van der Waals surface area contributed by atoms with E-state index in [1.807, 2.05) is 6.07 Å². The van der Waals surface area contributed by atoms with Gasteiger partial charge in [0.2, 0.25) is 0 Å². The zero-order valence-corrected chi connectivity index (χ0v) is 11.6. The topological polar surface area (TPSA) is 30.5 Å². The summed E-state index contributed by atoms with van der Waals surface area (Å²) < 4.78 is 10.8. The normalized spacial score (nSPS) is 18.4. The smallest absolute Gasteiger partial charge is 0.122 e. The van der Waals surface area contributed by atoms with Gasteiger partial charge in [0.15, 0.2) is 0 Å². The van der Waals surface area contributed by atoms with Crippen LogP contribution >= 0.6 is 0 Å². The third-order valence-corrected chi connectivity index (χ3v) is 4.20. The number of piperidine rings is 1. The van der Waals surface area contributed by atoms with Crippen LogP contribution in [0.25, 0.3) is 0 Å². The molecule has 18 heavy (non-hydrogen) atoms. The Balaban J connectivity index is 2.40. The molecule has 0 aliphatic carbocycles. The minimum Gasteiger partial charge on any atom is -0.497 e. The first-order valence-electron chi connectivity index (χ1n) is 6.68. The quantitative estimate of drug-likeness (QED) is 0.890. The number of methoxy groups -OCH3 is 2. The summed E-state index contributed by atoms with van der Waals surface area (Å²) in [5, 5.41) is 3.44. The van der Waals surface area contributed by atoms with Crippen LogP contribution in [0.2, 0.25) is 0 Å². The van der Waals surface area contributed by atoms with Crippen LogP contribution < -0.4 is 14.8 Å². The van der Waals surface area contributed by atoms with Gasteiger partial charge in [-0.2, -0.15) is 0 Å². The van der Waals surface area contributed by atoms with Gasteiger partial charge in [-0.05, 0) is 55.5 Å². The molecule has 1 aliphatic rings. The SMILES string of the molecule is CCC1(c2cc(OC)cc(OC)c2)CCNCC1. The lowest BCUT2D eigenvalue weighted by atomic mass is 9.71. The minimum absolute atomic E-state index is 0.271. The van der Waals surface area contributed by atoms with E-state index in [1.165, 1.54) is 18.4 Å². The molecule has 2 rings (SSSR count). The molecule has 0 saturated carbocycles. The molecule has 1 saturated heterocycles. The van der Waals surface area contributed by atoms with Gasteiger partial charge in [-0.3, -0.25) is 0 Å². The summed E-state index contributed by atoms with van der Waals surface area (Å²) in [6, 6.07) is 6.27. The predicted octanol–water partition coefficient (Wildman–Crippen LogP) is 2.74. The number of benzene rings is 1. The fourth-order valence-electron chi connectivity index (χ4n) is 2.87. The number of rotatable bonds is 4. The van der Waals surface area contributed by atoms with Gasteiger partial charge < -0.3 is 14.8 Å². The molecule has 1 heterocycles. The Kier molecular flexibility index (Phi) is 4.12. The van der Waals surface area contributed by atoms with E-state index in [0.717, 1.165) is 31.0 Å². The average molecular weight is 249 g/mol. The van der Waals surface area contributed by atoms with Gasteiger partial charge in [-0.25, -0.2) is 0 Å². The summed E-state index contributed by atoms with van der Waals surface area (Å²) in [6.07, 6.45) is 3.52. The van der Waals surface area contributed by atoms with Crippen LogP contribution in [0.15, 0.2) is 18.2 Å². The van der Waals surface area contributed by atoms with Crippen molar-refractivity contribution in [2.45, 2.75) is 31.6 Å². The standard InChI is InChI=1S/C15H23NO2/c1-4-15(5-7-16-8-6-15)12-9-13(17-2)11-14(10-12)18-3/h9-11,16H,4-8H2,1-3H3. The van der Waals surface area contributed by atoms with Crippen molar-refractivity contribution in [1.29, 1.82) is 0 Å². The zero-order chi connectivity index (χ0) is 13.0. The van der Waals surface area contributed by atoms with Gasteiger partial charge in [0, 0.05) is 6.07 Å². The molecule has 1 aliphatic heterocycles. The first-order valence-corrected chi connectivity index (χ1v) is 6.68. The molecule has 1 fully saturated rings. The Morgan fingerprint density at radius 2 is 1.61 bits per heavy atom. The molecule has 0 bridgehead atoms. The Morgan fingerprint density at radius 3 is 2.06 bits per heavy atom. The van der Waals surface area contributed by atoms with Crippen LogP contribution in [0.3, 0.4) is 0 Å². The lowest BCUT2D eigenvalue weighted by molar-refractivity contribution is 0.294. The van der Waals surface area contributed by atoms with Crippen LogP contribution in [0.5, 0.6) is 11.5 Å². The second kappa shape index (κ2) is 5.61. The van der Waals surface area contributed by atoms with Crippen LogP contribution in [0.1, 0.15) is 31.7 Å². The summed E-state index contributed by atoms with van der Waals surface area (Å²) in [7, 11) is 3.42. The summed E-state index contributed by atoms with van der Waals surface area (Å²) in [5.74, 6) is 1.77. The number of hydrogen-bond donors (Lipinski definition) is 1. The van der Waals surface area contributed by atoms with Crippen LogP contribution in [0, 0.1) is 0 Å². The van der Waals surface area contributed by atoms with Crippen LogP contribution in [0.4, 0.5) is 0 Å². The van der Waals surface area contributed by atoms with E-state index < -0.39 is 0 Å². The molecule has 100 valence electrons. The van der Waals surface area contributed by atoms with E-state index in [1.54, 1.807) is 14.2 Å². The van der Waals surface area contributed by atoms with Gasteiger partial charge in [0.25, 0.3) is 0 Å². The van der Waals surface area contributed by atoms with E-state index >= 15 is 0 Å². The van der Waals surface area contributed by atoms with Gasteiger partial charge >= 0.3 is 0 Å². The molecule has 3 heteroatoms. The lowest BCUT2D eigenvalue weighted by Crippen LogP contribution is -2.39. The summed E-state index contributed by atoms with van der Waals surface area (Å²) >= 11 is 0. The van der Waals surface area contributed by atoms with Crippen molar-refractivity contribution in [2.24, 2.45) is 0 Å². The maximum atomic E-state index is 5.38. The summed E-state index contributed by atoms with van der Waals surface area (Å²) in [4.78, 5) is 0. The fraction of sp³-hybridized carbons (Fsp3) is 0.600. The molecule has 0 aromatic heterocycles. The molecular weight excluding hydrogens is 226 g/mol. The van der Waals surface area contributed by atoms with Gasteiger partial charge in [0.05, 0.1) is 14.2 Å². The highest BCUT2D eigenvalue weighted by Crippen LogP contribution is 2.39. The molecule has 1 aromatic rings. The average Bonchev–Trinajstić information content (AvgIpc) is 2.47. The van der Waals surface area contributed by atoms with E-state index in [4.69, 9.17) is 9.47 Å². The molecule has 0 unspecified atom stereocenters. The lowest BCUT2D eigenvalue weighted by Gasteiger charge is -2.37. The highest BCUT2D eigenvalue weighted by Gasteiger charge is 2.32. The predicted molar refractivity (Wildman–Crippen MR) is 73.6 cm³/mol. The van der Waals surface area contributed by atoms with Crippen molar-refractivity contribution >= 4 is 0 Å². The van der Waals surface area contributed by atoms with Crippen molar-refractivity contribution in [2.75, 3.05) is 27.3 Å². The summed E-state index contributed by atoms with van der Waals surface area (Å²) in [6.45, 7) is 4.46. The Bertz CT molecular complexity index is 375. The van der Waals surface area contributed by atoms with E-state index in [9.17, 15) is 0 Å². The molecule has 1 aromatic carbocycles. The molecule has 3 nitrogen and oxygen atoms in total. The third kappa shape index (κ3) is 2.46. The Morgan fingerprint density at radius 1 is 1.06 bits per heavy atom. The second-order valence-corrected chi connectivity index (χ2v) is 4.99. The van der Waals surface area contributed by atoms with E-state index in [2.05, 4.69) is 24.4 Å². The van der Waals surface area contributed by atoms with Gasteiger partial charge in [-0.15, -0.1) is 0 Å².